The molecule has 6 aromatic carbocycles. The van der Waals surface area contributed by atoms with Crippen molar-refractivity contribution in [3.05, 3.63) is 170 Å². The topological polar surface area (TPSA) is 30.0 Å². The zero-order chi connectivity index (χ0) is 27.2. The molecule has 0 fully saturated rings. The largest absolute Gasteiger partial charge is 0.311 e. The molecule has 0 saturated heterocycles. The molecule has 0 spiro atoms. The van der Waals surface area contributed by atoms with Gasteiger partial charge in [-0.2, -0.15) is 18.2 Å². The molecule has 41 heavy (non-hydrogen) atoms. The van der Waals surface area contributed by atoms with Crippen molar-refractivity contribution >= 4 is 44.6 Å². The van der Waals surface area contributed by atoms with Gasteiger partial charge in [0.15, 0.2) is 0 Å². The fraction of sp³-hybridized carbons (Fsp3) is 0. The molecule has 0 amide bonds. The van der Waals surface area contributed by atoms with E-state index in [9.17, 15) is 4.57 Å². The standard InChI is InChI=1S/C22H16OP.C15H10N.Ir/c23-24(19-12-3-1-4-13-19,20-14-5-2-6-15-20)22-17-9-11-18-10-7-8-16-21(18)22;1-2-7-13(8-3-1)15-14-9-5-4-6-12(14)10-11-16-15;/h1-16H;1-7,9-11H;/q2*-1;. The molecule has 0 bridgehead atoms. The fourth-order valence-electron chi connectivity index (χ4n) is 4.96. The summed E-state index contributed by atoms with van der Waals surface area (Å²) >= 11 is 0. The first-order chi connectivity index (χ1) is 19.7. The first-order valence-electron chi connectivity index (χ1n) is 13.2. The number of aromatic nitrogens is 1. The summed E-state index contributed by atoms with van der Waals surface area (Å²) in [6.07, 6.45) is 1.85. The molecule has 4 heteroatoms. The molecule has 7 rings (SSSR count). The van der Waals surface area contributed by atoms with Crippen molar-refractivity contribution in [2.75, 3.05) is 0 Å². The maximum absolute atomic E-state index is 14.4. The third-order valence-corrected chi connectivity index (χ3v) is 9.94. The van der Waals surface area contributed by atoms with E-state index in [0.717, 1.165) is 37.9 Å². The zero-order valence-corrected chi connectivity index (χ0v) is 25.4. The van der Waals surface area contributed by atoms with Gasteiger partial charge in [0.25, 0.3) is 0 Å². The van der Waals surface area contributed by atoms with Gasteiger partial charge in [-0.15, -0.1) is 52.7 Å². The molecule has 0 atom stereocenters. The Kier molecular flexibility index (Phi) is 9.02. The van der Waals surface area contributed by atoms with Crippen LogP contribution in [0.4, 0.5) is 0 Å². The predicted molar refractivity (Wildman–Crippen MR) is 168 cm³/mol. The third kappa shape index (κ3) is 5.85. The Balaban J connectivity index is 0.000000173. The number of fused-ring (bicyclic) bond motifs is 2. The van der Waals surface area contributed by atoms with E-state index in [1.54, 1.807) is 0 Å². The normalized spacial score (nSPS) is 10.8. The van der Waals surface area contributed by atoms with E-state index < -0.39 is 7.14 Å². The van der Waals surface area contributed by atoms with Crippen LogP contribution in [0.25, 0.3) is 32.8 Å². The molecular formula is C37H26IrNOP-2. The summed E-state index contributed by atoms with van der Waals surface area (Å²) in [6.45, 7) is 0. The van der Waals surface area contributed by atoms with Gasteiger partial charge < -0.3 is 9.55 Å². The van der Waals surface area contributed by atoms with Gasteiger partial charge in [-0.25, -0.2) is 0 Å². The molecule has 0 N–H and O–H groups in total. The number of nitrogens with zero attached hydrogens (tertiary/aromatic N) is 1. The smallest absolute Gasteiger partial charge is 0.148 e. The molecule has 0 aliphatic rings. The number of hydrogen-bond donors (Lipinski definition) is 0. The number of hydrogen-bond acceptors (Lipinski definition) is 2. The second kappa shape index (κ2) is 13.0. The van der Waals surface area contributed by atoms with Crippen LogP contribution in [-0.4, -0.2) is 4.98 Å². The van der Waals surface area contributed by atoms with Crippen LogP contribution in [0.5, 0.6) is 0 Å². The van der Waals surface area contributed by atoms with Gasteiger partial charge in [0.1, 0.15) is 7.14 Å². The predicted octanol–water partition coefficient (Wildman–Crippen LogP) is 7.98. The number of rotatable bonds is 4. The molecule has 0 aliphatic heterocycles. The maximum atomic E-state index is 14.4. The second-order valence-electron chi connectivity index (χ2n) is 9.35. The molecule has 0 unspecified atom stereocenters. The first kappa shape index (κ1) is 28.4. The summed E-state index contributed by atoms with van der Waals surface area (Å²) in [5, 5.41) is 6.91. The molecule has 1 heterocycles. The van der Waals surface area contributed by atoms with Crippen LogP contribution in [-0.2, 0) is 24.7 Å². The van der Waals surface area contributed by atoms with Gasteiger partial charge in [0.2, 0.25) is 0 Å². The Morgan fingerprint density at radius 2 is 1.07 bits per heavy atom. The summed E-state index contributed by atoms with van der Waals surface area (Å²) in [6, 6.07) is 56.1. The van der Waals surface area contributed by atoms with Gasteiger partial charge in [-0.1, -0.05) is 108 Å². The van der Waals surface area contributed by atoms with Crippen LogP contribution in [0.3, 0.4) is 0 Å². The van der Waals surface area contributed by atoms with E-state index in [2.05, 4.69) is 29.2 Å². The van der Waals surface area contributed by atoms with Crippen molar-refractivity contribution in [3.8, 4) is 11.3 Å². The summed E-state index contributed by atoms with van der Waals surface area (Å²) in [5.41, 5.74) is 2.04. The average Bonchev–Trinajstić information content (AvgIpc) is 3.05. The number of benzene rings is 6. The van der Waals surface area contributed by atoms with E-state index in [-0.39, 0.29) is 20.1 Å². The van der Waals surface area contributed by atoms with E-state index in [4.69, 9.17) is 0 Å². The average molecular weight is 724 g/mol. The van der Waals surface area contributed by atoms with Crippen LogP contribution in [0.1, 0.15) is 0 Å². The third-order valence-electron chi connectivity index (χ3n) is 6.89. The van der Waals surface area contributed by atoms with Crippen molar-refractivity contribution in [3.63, 3.8) is 0 Å². The van der Waals surface area contributed by atoms with Crippen LogP contribution in [0.2, 0.25) is 0 Å². The Hall–Kier alpha value is -4.13. The molecule has 1 radical (unpaired) electrons. The molecule has 7 aromatic rings. The van der Waals surface area contributed by atoms with Gasteiger partial charge in [-0.3, -0.25) is 0 Å². The van der Waals surface area contributed by atoms with E-state index in [0.29, 0.717) is 0 Å². The van der Waals surface area contributed by atoms with Crippen molar-refractivity contribution < 1.29 is 24.7 Å². The van der Waals surface area contributed by atoms with Crippen molar-refractivity contribution in [1.29, 1.82) is 0 Å². The van der Waals surface area contributed by atoms with Crippen LogP contribution < -0.4 is 15.9 Å². The van der Waals surface area contributed by atoms with Crippen molar-refractivity contribution in [2.45, 2.75) is 0 Å². The second-order valence-corrected chi connectivity index (χ2v) is 12.0. The molecule has 1 aromatic heterocycles. The summed E-state index contributed by atoms with van der Waals surface area (Å²) in [7, 11) is -2.98. The summed E-state index contributed by atoms with van der Waals surface area (Å²) < 4.78 is 14.4. The minimum atomic E-state index is -2.98. The van der Waals surface area contributed by atoms with E-state index >= 15 is 0 Å². The first-order valence-corrected chi connectivity index (χ1v) is 14.9. The van der Waals surface area contributed by atoms with Crippen LogP contribution in [0, 0.1) is 12.1 Å². The molecule has 0 saturated carbocycles. The molecule has 201 valence electrons. The van der Waals surface area contributed by atoms with Crippen molar-refractivity contribution in [2.24, 2.45) is 0 Å². The maximum Gasteiger partial charge on any atom is 0.148 e. The van der Waals surface area contributed by atoms with Crippen molar-refractivity contribution in [1.82, 2.24) is 4.98 Å². The Labute approximate surface area is 254 Å². The van der Waals surface area contributed by atoms with Gasteiger partial charge in [0.05, 0.1) is 0 Å². The van der Waals surface area contributed by atoms with Gasteiger partial charge >= 0.3 is 0 Å². The van der Waals surface area contributed by atoms with Crippen LogP contribution in [0.15, 0.2) is 158 Å². The Morgan fingerprint density at radius 1 is 0.512 bits per heavy atom. The SMILES string of the molecule is O=P(c1ccccc1)(c1ccccc1)c1[c-]ccc2ccccc12.[Ir].[c-]1ccccc1-c1nccc2ccccc12. The molecular weight excluding hydrogens is 698 g/mol. The minimum absolute atomic E-state index is 0. The number of pyridine rings is 1. The van der Waals surface area contributed by atoms with Gasteiger partial charge in [-0.05, 0) is 22.5 Å². The van der Waals surface area contributed by atoms with E-state index in [1.165, 1.54) is 10.8 Å². The minimum Gasteiger partial charge on any atom is -0.311 e. The summed E-state index contributed by atoms with van der Waals surface area (Å²) in [5.74, 6) is 0. The Bertz CT molecular complexity index is 1870. The monoisotopic (exact) mass is 724 g/mol. The molecule has 0 aliphatic carbocycles. The molecule has 2 nitrogen and oxygen atoms in total. The fourth-order valence-corrected chi connectivity index (χ4v) is 7.76. The summed E-state index contributed by atoms with van der Waals surface area (Å²) in [4.78, 5) is 4.45. The van der Waals surface area contributed by atoms with Crippen LogP contribution >= 0.6 is 7.14 Å². The quantitative estimate of drug-likeness (QED) is 0.136. The zero-order valence-electron chi connectivity index (χ0n) is 22.1. The van der Waals surface area contributed by atoms with Gasteiger partial charge in [0, 0.05) is 36.9 Å². The Morgan fingerprint density at radius 3 is 1.71 bits per heavy atom. The van der Waals surface area contributed by atoms with E-state index in [1.807, 2.05) is 146 Å².